The zero-order chi connectivity index (χ0) is 42.2. The summed E-state index contributed by atoms with van der Waals surface area (Å²) in [6.45, 7) is 9.10. The minimum atomic E-state index is -4.80. The van der Waals surface area contributed by atoms with E-state index in [9.17, 15) is 54.0 Å². The zero-order valence-electron chi connectivity index (χ0n) is 32.2. The third kappa shape index (κ3) is 20.7. The molecule has 2 fully saturated rings. The van der Waals surface area contributed by atoms with Gasteiger partial charge in [0.25, 0.3) is 0 Å². The van der Waals surface area contributed by atoms with Gasteiger partial charge in [0.1, 0.15) is 22.7 Å². The van der Waals surface area contributed by atoms with E-state index in [2.05, 4.69) is 15.9 Å². The number of aromatic hydroxyl groups is 2. The van der Waals surface area contributed by atoms with Crippen LogP contribution in [-0.2, 0) is 28.4 Å². The summed E-state index contributed by atoms with van der Waals surface area (Å²) in [5.41, 5.74) is -2.49. The number of ether oxygens (including phenoxy) is 2. The first-order chi connectivity index (χ1) is 24.9. The molecule has 2 amide bonds. The Labute approximate surface area is 371 Å². The van der Waals surface area contributed by atoms with Crippen molar-refractivity contribution in [3.63, 3.8) is 0 Å². The maximum atomic E-state index is 12.8. The van der Waals surface area contributed by atoms with Gasteiger partial charge < -0.3 is 47.3 Å². The summed E-state index contributed by atoms with van der Waals surface area (Å²) in [6.07, 6.45) is -10.6. The summed E-state index contributed by atoms with van der Waals surface area (Å²) in [4.78, 5) is 30.0. The van der Waals surface area contributed by atoms with E-state index in [1.54, 1.807) is 46.4 Å². The molecule has 2 aliphatic rings. The molecule has 0 atom stereocenters. The molecule has 2 aromatic carbocycles. The van der Waals surface area contributed by atoms with Crippen LogP contribution >= 0.6 is 15.9 Å². The van der Waals surface area contributed by atoms with Crippen molar-refractivity contribution in [3.8, 4) is 11.5 Å². The number of amides is 2. The maximum absolute atomic E-state index is 12.8. The smallest absolute Gasteiger partial charge is 0.508 e. The largest absolute Gasteiger partial charge is 1.00 e. The van der Waals surface area contributed by atoms with Crippen molar-refractivity contribution < 1.29 is 120 Å². The molecular formula is C34H46BBrF9KN4O6. The molecule has 0 unspecified atom stereocenters. The second-order valence-corrected chi connectivity index (χ2v) is 15.7. The third-order valence-electron chi connectivity index (χ3n) is 7.43. The minimum absolute atomic E-state index is 0. The van der Waals surface area contributed by atoms with Crippen molar-refractivity contribution in [1.29, 1.82) is 0 Å². The molecule has 4 rings (SSSR count). The third-order valence-corrected chi connectivity index (χ3v) is 7.89. The number of alkyl halides is 6. The van der Waals surface area contributed by atoms with Crippen LogP contribution in [0.15, 0.2) is 40.9 Å². The number of halogens is 10. The molecule has 0 aliphatic carbocycles. The molecule has 0 bridgehead atoms. The molecule has 0 saturated carbocycles. The van der Waals surface area contributed by atoms with Gasteiger partial charge in [0.2, 0.25) is 0 Å². The minimum Gasteiger partial charge on any atom is -0.508 e. The van der Waals surface area contributed by atoms with E-state index in [0.29, 0.717) is 43.9 Å². The van der Waals surface area contributed by atoms with Gasteiger partial charge in [-0.2, -0.15) is 26.3 Å². The van der Waals surface area contributed by atoms with Gasteiger partial charge in [-0.15, -0.1) is 0 Å². The fraction of sp³-hybridized carbons (Fsp3) is 0.588. The number of carbonyl (C=O) groups is 2. The predicted molar refractivity (Wildman–Crippen MR) is 190 cm³/mol. The normalized spacial score (nSPS) is 16.1. The number of piperazine rings is 2. The number of hydrogen-bond donors (Lipinski definition) is 2. The molecule has 22 heteroatoms. The SMILES string of the molecule is CC(C)(C)OC(=O)N1CCN(C[B-](F)(F)F)CC1.CC(C)(C)OC(=O)N1CCN(Cc2cc(O)cc(C(F)(F)F)c2)CC1.Oc1cc(Br)cc(C(F)(F)F)c1.[K+]. The number of benzene rings is 2. The summed E-state index contributed by atoms with van der Waals surface area (Å²) in [5.74, 6) is -0.811. The first kappa shape index (κ1) is 52.1. The van der Waals surface area contributed by atoms with Crippen LogP contribution < -0.4 is 51.4 Å². The Morgan fingerprint density at radius 2 is 1.02 bits per heavy atom. The molecular weight excluding hydrogens is 861 g/mol. The van der Waals surface area contributed by atoms with E-state index in [0.717, 1.165) is 12.1 Å². The number of carbonyl (C=O) groups excluding carboxylic acids is 2. The Balaban J connectivity index is 0.000000444. The van der Waals surface area contributed by atoms with Crippen molar-refractivity contribution in [2.75, 3.05) is 58.8 Å². The van der Waals surface area contributed by atoms with Crippen LogP contribution in [-0.4, -0.2) is 119 Å². The van der Waals surface area contributed by atoms with Crippen molar-refractivity contribution in [2.45, 2.75) is 71.6 Å². The van der Waals surface area contributed by atoms with Crippen LogP contribution in [0.1, 0.15) is 58.2 Å². The first-order valence-electron chi connectivity index (χ1n) is 17.0. The van der Waals surface area contributed by atoms with Crippen LogP contribution in [0.3, 0.4) is 0 Å². The van der Waals surface area contributed by atoms with Crippen LogP contribution in [0, 0.1) is 0 Å². The molecule has 0 spiro atoms. The van der Waals surface area contributed by atoms with E-state index in [-0.39, 0.29) is 94.7 Å². The molecule has 2 N–H and O–H groups in total. The Morgan fingerprint density at radius 1 is 0.643 bits per heavy atom. The fourth-order valence-electron chi connectivity index (χ4n) is 5.07. The Bertz CT molecular complexity index is 1560. The van der Waals surface area contributed by atoms with Gasteiger partial charge >= 0.3 is 82.9 Å². The van der Waals surface area contributed by atoms with Gasteiger partial charge in [-0.05, 0) is 89.9 Å². The number of rotatable bonds is 4. The van der Waals surface area contributed by atoms with Gasteiger partial charge in [0.05, 0.1) is 11.1 Å². The molecule has 56 heavy (non-hydrogen) atoms. The van der Waals surface area contributed by atoms with Gasteiger partial charge in [-0.25, -0.2) is 9.59 Å². The number of phenols is 2. The summed E-state index contributed by atoms with van der Waals surface area (Å²) in [7, 11) is 0. The van der Waals surface area contributed by atoms with Crippen LogP contribution in [0.25, 0.3) is 0 Å². The second kappa shape index (κ2) is 21.3. The topological polar surface area (TPSA) is 106 Å². The number of hydrogen-bond acceptors (Lipinski definition) is 8. The summed E-state index contributed by atoms with van der Waals surface area (Å²) >= 11 is 2.85. The van der Waals surface area contributed by atoms with Gasteiger partial charge in [0, 0.05) is 63.4 Å². The molecule has 2 heterocycles. The summed E-state index contributed by atoms with van der Waals surface area (Å²) in [5, 5.41) is 18.3. The monoisotopic (exact) mass is 906 g/mol. The van der Waals surface area contributed by atoms with Crippen LogP contribution in [0.4, 0.5) is 48.9 Å². The average molecular weight is 908 g/mol. The first-order valence-corrected chi connectivity index (χ1v) is 17.8. The number of nitrogens with zero attached hydrogens (tertiary/aromatic N) is 4. The second-order valence-electron chi connectivity index (χ2n) is 14.8. The van der Waals surface area contributed by atoms with E-state index in [4.69, 9.17) is 14.6 Å². The summed E-state index contributed by atoms with van der Waals surface area (Å²) in [6, 6.07) is 5.85. The standard InChI is InChI=1S/C17H23F3N2O3.C10H19BF3N2O2.C7H4BrF3O.K/c1-16(2,3)25-15(24)22-6-4-21(5-7-22)11-12-8-13(17(18,19)20)10-14(23)9-12;1-10(2,3)18-9(17)16-6-4-15(5-7-16)8-11(12,13)14;8-5-1-4(7(9,10)11)2-6(12)3-5;/h8-10,23H,4-7,11H2,1-3H3;4-8H2,1-3H3;1-3,12H;/q;-1;;+1. The predicted octanol–water partition coefficient (Wildman–Crippen LogP) is 5.57. The Hall–Kier alpha value is -1.95. The van der Waals surface area contributed by atoms with Crippen molar-refractivity contribution in [1.82, 2.24) is 19.6 Å². The molecule has 2 aliphatic heterocycles. The molecule has 0 radical (unpaired) electrons. The van der Waals surface area contributed by atoms with E-state index < -0.39 is 65.7 Å². The fourth-order valence-corrected chi connectivity index (χ4v) is 5.55. The Morgan fingerprint density at radius 3 is 1.38 bits per heavy atom. The van der Waals surface area contributed by atoms with E-state index in [1.807, 2.05) is 4.90 Å². The quantitative estimate of drug-likeness (QED) is 0.304. The maximum Gasteiger partial charge on any atom is 1.00 e. The summed E-state index contributed by atoms with van der Waals surface area (Å²) < 4.78 is 122. The van der Waals surface area contributed by atoms with Gasteiger partial charge in [-0.1, -0.05) is 15.9 Å². The van der Waals surface area contributed by atoms with Crippen LogP contribution in [0.2, 0.25) is 0 Å². The Kier molecular flexibility index (Phi) is 19.9. The van der Waals surface area contributed by atoms with Gasteiger partial charge in [-0.3, -0.25) is 4.90 Å². The molecule has 312 valence electrons. The van der Waals surface area contributed by atoms with Crippen LogP contribution in [0.5, 0.6) is 11.5 Å². The molecule has 2 aromatic rings. The zero-order valence-corrected chi connectivity index (χ0v) is 36.9. The van der Waals surface area contributed by atoms with Crippen molar-refractivity contribution in [2.24, 2.45) is 0 Å². The van der Waals surface area contributed by atoms with Gasteiger partial charge in [0.15, 0.2) is 0 Å². The van der Waals surface area contributed by atoms with E-state index in [1.165, 1.54) is 21.9 Å². The van der Waals surface area contributed by atoms with E-state index >= 15 is 0 Å². The molecule has 2 saturated heterocycles. The van der Waals surface area contributed by atoms with Crippen molar-refractivity contribution >= 4 is 35.1 Å². The molecule has 10 nitrogen and oxygen atoms in total. The number of phenolic OH excluding ortho intramolecular Hbond substituents is 2. The average Bonchev–Trinajstić information content (AvgIpc) is 2.98. The molecule has 0 aromatic heterocycles. The van der Waals surface area contributed by atoms with Crippen molar-refractivity contribution in [3.05, 3.63) is 57.6 Å².